The number of nitrogens with one attached hydrogen (secondary N) is 1. The largest absolute Gasteiger partial charge is 0.458 e. The van der Waals surface area contributed by atoms with E-state index in [1.807, 2.05) is 26.0 Å². The van der Waals surface area contributed by atoms with E-state index in [2.05, 4.69) is 5.32 Å². The van der Waals surface area contributed by atoms with Crippen LogP contribution < -0.4 is 15.9 Å². The molecule has 2 atom stereocenters. The molecule has 0 amide bonds. The number of aryl methyl sites for hydroxylation is 7. The fourth-order valence-corrected chi connectivity index (χ4v) is 12.0. The summed E-state index contributed by atoms with van der Waals surface area (Å²) in [4.78, 5) is 70.0. The summed E-state index contributed by atoms with van der Waals surface area (Å²) in [7, 11) is -6.82. The van der Waals surface area contributed by atoms with Crippen LogP contribution in [0.3, 0.4) is 0 Å². The summed E-state index contributed by atoms with van der Waals surface area (Å²) in [6.07, 6.45) is 0.152. The zero-order chi connectivity index (χ0) is 42.6. The molecule has 58 heavy (non-hydrogen) atoms. The Balaban J connectivity index is 1.34. The highest BCUT2D eigenvalue weighted by molar-refractivity contribution is 8.01. The molecule has 5 aromatic rings. The van der Waals surface area contributed by atoms with Crippen LogP contribution in [0, 0.1) is 62.3 Å². The number of hydrogen-bond donors (Lipinski definition) is 1. The SMILES string of the molecule is Cc1cc(C)c(C(=O)P(=O)(C(=O)c2c(C)cc(C)c(C(=O)CCNCCC(=O)c3c(C)cc(C)c(C(=O)[P+](=O)c4ccccc4)c3C)c2C)c2ccccc2)c(C)c1. The van der Waals surface area contributed by atoms with Crippen molar-refractivity contribution in [2.75, 3.05) is 13.1 Å². The summed E-state index contributed by atoms with van der Waals surface area (Å²) < 4.78 is 28.4. The third-order valence-corrected chi connectivity index (χ3v) is 14.7. The minimum Gasteiger partial charge on any atom is -0.316 e. The Morgan fingerprint density at radius 2 is 0.914 bits per heavy atom. The first-order valence-corrected chi connectivity index (χ1v) is 22.3. The van der Waals surface area contributed by atoms with Crippen molar-refractivity contribution in [3.05, 3.63) is 163 Å². The first kappa shape index (κ1) is 43.9. The number of benzene rings is 5. The summed E-state index contributed by atoms with van der Waals surface area (Å²) in [6, 6.07) is 23.9. The van der Waals surface area contributed by atoms with Gasteiger partial charge < -0.3 is 9.88 Å². The lowest BCUT2D eigenvalue weighted by molar-refractivity contribution is 0.0978. The van der Waals surface area contributed by atoms with Crippen LogP contribution in [0.25, 0.3) is 0 Å². The van der Waals surface area contributed by atoms with Crippen LogP contribution in [0.4, 0.5) is 0 Å². The van der Waals surface area contributed by atoms with E-state index < -0.39 is 31.5 Å². The van der Waals surface area contributed by atoms with Gasteiger partial charge in [-0.15, -0.1) is 0 Å². The Labute approximate surface area is 342 Å². The van der Waals surface area contributed by atoms with E-state index in [9.17, 15) is 28.5 Å². The molecule has 0 saturated heterocycles. The lowest BCUT2D eigenvalue weighted by Gasteiger charge is -2.22. The van der Waals surface area contributed by atoms with Crippen LogP contribution in [-0.2, 0) is 9.13 Å². The van der Waals surface area contributed by atoms with E-state index in [4.69, 9.17) is 0 Å². The maximum Gasteiger partial charge on any atom is 0.458 e. The average molecular weight is 815 g/mol. The van der Waals surface area contributed by atoms with E-state index in [1.54, 1.807) is 121 Å². The van der Waals surface area contributed by atoms with Crippen molar-refractivity contribution in [2.24, 2.45) is 0 Å². The van der Waals surface area contributed by atoms with Gasteiger partial charge >= 0.3 is 13.3 Å². The predicted octanol–water partition coefficient (Wildman–Crippen LogP) is 9.86. The van der Waals surface area contributed by atoms with Gasteiger partial charge in [-0.1, -0.05) is 82.9 Å². The first-order chi connectivity index (χ1) is 27.4. The number of Topliss-reactive ketones (excluding diaryl/α,β-unsaturated/α-hetero) is 2. The van der Waals surface area contributed by atoms with Crippen molar-refractivity contribution in [1.29, 1.82) is 0 Å². The highest BCUT2D eigenvalue weighted by Gasteiger charge is 2.45. The van der Waals surface area contributed by atoms with E-state index >= 15 is 4.57 Å². The van der Waals surface area contributed by atoms with E-state index in [-0.39, 0.29) is 53.9 Å². The molecule has 2 unspecified atom stereocenters. The normalized spacial score (nSPS) is 12.5. The topological polar surface area (TPSA) is 132 Å². The lowest BCUT2D eigenvalue weighted by Crippen LogP contribution is -2.25. The standard InChI is InChI=1S/C48H50NO7P2/c1-28-24-29(2)41(30(3)25-28)47(53)58(56,38-18-14-11-15-19-38)48(54)45-34(7)27-32(5)43(36(45)9)40(51)21-23-49-22-20-39(50)42-31(4)26-33(6)44(35(42)8)46(52)57(55)37-16-12-10-13-17-37/h10-19,24-27,49H,20-23H2,1-9H3/q+1. The molecular formula is C48H50NO7P2+. The fourth-order valence-electron chi connectivity index (χ4n) is 8.25. The van der Waals surface area contributed by atoms with Gasteiger partial charge in [0, 0.05) is 53.5 Å². The Bertz CT molecular complexity index is 2530. The molecule has 0 fully saturated rings. The smallest absolute Gasteiger partial charge is 0.316 e. The molecule has 0 aliphatic rings. The van der Waals surface area contributed by atoms with Crippen molar-refractivity contribution in [2.45, 2.75) is 75.2 Å². The van der Waals surface area contributed by atoms with Gasteiger partial charge in [0.2, 0.25) is 18.2 Å². The van der Waals surface area contributed by atoms with Gasteiger partial charge in [-0.05, 0) is 119 Å². The van der Waals surface area contributed by atoms with Crippen LogP contribution >= 0.6 is 14.9 Å². The second-order valence-corrected chi connectivity index (χ2v) is 19.2. The Morgan fingerprint density at radius 1 is 0.517 bits per heavy atom. The summed E-state index contributed by atoms with van der Waals surface area (Å²) in [5, 5.41) is 3.75. The van der Waals surface area contributed by atoms with Gasteiger partial charge in [-0.2, -0.15) is 0 Å². The van der Waals surface area contributed by atoms with Crippen LogP contribution in [0.5, 0.6) is 0 Å². The average Bonchev–Trinajstić information content (AvgIpc) is 3.16. The van der Waals surface area contributed by atoms with Crippen molar-refractivity contribution in [3.8, 4) is 0 Å². The molecule has 0 heterocycles. The van der Waals surface area contributed by atoms with Gasteiger partial charge in [0.05, 0.1) is 5.56 Å². The summed E-state index contributed by atoms with van der Waals surface area (Å²) >= 11 is 0. The van der Waals surface area contributed by atoms with Crippen molar-refractivity contribution in [3.63, 3.8) is 0 Å². The minimum absolute atomic E-state index is 0.0529. The maximum atomic E-state index is 15.2. The van der Waals surface area contributed by atoms with E-state index in [0.717, 1.165) is 11.1 Å². The molecule has 0 bridgehead atoms. The molecule has 0 saturated carbocycles. The lowest BCUT2D eigenvalue weighted by atomic mass is 9.90. The van der Waals surface area contributed by atoms with Gasteiger partial charge in [0.1, 0.15) is 0 Å². The van der Waals surface area contributed by atoms with Crippen LogP contribution in [-0.4, -0.2) is 41.2 Å². The molecule has 5 aromatic carbocycles. The molecule has 10 heteroatoms. The second kappa shape index (κ2) is 18.1. The molecule has 0 radical (unpaired) electrons. The zero-order valence-electron chi connectivity index (χ0n) is 34.7. The van der Waals surface area contributed by atoms with Crippen LogP contribution in [0.2, 0.25) is 0 Å². The first-order valence-electron chi connectivity index (χ1n) is 19.3. The Kier molecular flexibility index (Phi) is 13.7. The van der Waals surface area contributed by atoms with Gasteiger partial charge in [0.15, 0.2) is 16.9 Å². The molecular weight excluding hydrogens is 764 g/mol. The highest BCUT2D eigenvalue weighted by Crippen LogP contribution is 2.53. The Morgan fingerprint density at radius 3 is 1.41 bits per heavy atom. The number of ketones is 2. The van der Waals surface area contributed by atoms with Gasteiger partial charge in [0.25, 0.3) is 0 Å². The molecule has 5 rings (SSSR count). The second-order valence-electron chi connectivity index (χ2n) is 15.1. The number of carbonyl (C=O) groups excluding carboxylic acids is 5. The quantitative estimate of drug-likeness (QED) is 0.0592. The van der Waals surface area contributed by atoms with Crippen LogP contribution in [0.15, 0.2) is 84.9 Å². The van der Waals surface area contributed by atoms with Crippen molar-refractivity contribution in [1.82, 2.24) is 5.32 Å². The summed E-state index contributed by atoms with van der Waals surface area (Å²) in [5.74, 6) is -0.422. The Hall–Kier alpha value is -5.26. The summed E-state index contributed by atoms with van der Waals surface area (Å²) in [5.41, 5.74) is 5.00. The molecule has 0 aromatic heterocycles. The zero-order valence-corrected chi connectivity index (χ0v) is 36.5. The van der Waals surface area contributed by atoms with Gasteiger partial charge in [-0.3, -0.25) is 19.2 Å². The number of rotatable bonds is 16. The number of carbonyl (C=O) groups is 5. The molecule has 0 spiro atoms. The predicted molar refractivity (Wildman–Crippen MR) is 233 cm³/mol. The van der Waals surface area contributed by atoms with E-state index in [1.165, 1.54) is 0 Å². The van der Waals surface area contributed by atoms with Crippen LogP contribution in [0.1, 0.15) is 115 Å². The molecule has 298 valence electrons. The fraction of sp³-hybridized carbons (Fsp3) is 0.271. The van der Waals surface area contributed by atoms with Crippen molar-refractivity contribution >= 4 is 53.7 Å². The minimum atomic E-state index is -4.46. The third-order valence-electron chi connectivity index (χ3n) is 10.7. The molecule has 0 aliphatic carbocycles. The summed E-state index contributed by atoms with van der Waals surface area (Å²) in [6.45, 7) is 16.4. The monoisotopic (exact) mass is 814 g/mol. The van der Waals surface area contributed by atoms with Gasteiger partial charge in [-0.25, -0.2) is 4.79 Å². The molecule has 0 aliphatic heterocycles. The van der Waals surface area contributed by atoms with E-state index in [0.29, 0.717) is 60.9 Å². The molecule has 8 nitrogen and oxygen atoms in total. The highest BCUT2D eigenvalue weighted by atomic mass is 31.2. The molecule has 1 N–H and O–H groups in total. The van der Waals surface area contributed by atoms with Crippen molar-refractivity contribution < 1.29 is 33.1 Å². The maximum absolute atomic E-state index is 15.2. The number of hydrogen-bond acceptors (Lipinski definition) is 8. The third kappa shape index (κ3) is 8.61.